The maximum absolute atomic E-state index is 13.6. The molecule has 2 aromatic rings. The second-order valence-corrected chi connectivity index (χ2v) is 7.05. The molecule has 0 aliphatic rings. The summed E-state index contributed by atoms with van der Waals surface area (Å²) >= 11 is 0. The van der Waals surface area contributed by atoms with E-state index in [-0.39, 0.29) is 0 Å². The van der Waals surface area contributed by atoms with Crippen LogP contribution in [0.1, 0.15) is 65.2 Å². The van der Waals surface area contributed by atoms with E-state index < -0.39 is 6.17 Å². The van der Waals surface area contributed by atoms with Crippen molar-refractivity contribution < 1.29 is 13.9 Å². The fraction of sp³-hybridized carbons (Fsp3) is 0.565. The SMILES string of the molecule is CCCCCCOc1cnc(-c2ccc(OCC[C@H](F)CCCC)cc2)nc1. The van der Waals surface area contributed by atoms with E-state index in [4.69, 9.17) is 9.47 Å². The number of hydrogen-bond acceptors (Lipinski definition) is 4. The molecular formula is C23H33FN2O2. The number of unbranched alkanes of at least 4 members (excludes halogenated alkanes) is 4. The third-order valence-corrected chi connectivity index (χ3v) is 4.58. The summed E-state index contributed by atoms with van der Waals surface area (Å²) in [4.78, 5) is 8.76. The molecule has 1 aromatic carbocycles. The second-order valence-electron chi connectivity index (χ2n) is 7.05. The molecule has 0 aliphatic carbocycles. The number of ether oxygens (including phenoxy) is 2. The number of halogens is 1. The highest BCUT2D eigenvalue weighted by molar-refractivity contribution is 5.56. The summed E-state index contributed by atoms with van der Waals surface area (Å²) in [7, 11) is 0. The van der Waals surface area contributed by atoms with Crippen LogP contribution in [0.25, 0.3) is 11.4 Å². The summed E-state index contributed by atoms with van der Waals surface area (Å²) in [5.74, 6) is 2.08. The van der Waals surface area contributed by atoms with Crippen LogP contribution < -0.4 is 9.47 Å². The fourth-order valence-corrected chi connectivity index (χ4v) is 2.83. The molecule has 0 N–H and O–H groups in total. The number of hydrogen-bond donors (Lipinski definition) is 0. The minimum Gasteiger partial charge on any atom is -0.493 e. The van der Waals surface area contributed by atoms with E-state index in [0.29, 0.717) is 37.6 Å². The number of rotatable bonds is 14. The quantitative estimate of drug-likeness (QED) is 0.351. The van der Waals surface area contributed by atoms with Crippen molar-refractivity contribution in [2.45, 2.75) is 71.4 Å². The van der Waals surface area contributed by atoms with E-state index in [1.807, 2.05) is 24.3 Å². The van der Waals surface area contributed by atoms with Gasteiger partial charge in [0, 0.05) is 12.0 Å². The Morgan fingerprint density at radius 1 is 0.786 bits per heavy atom. The Labute approximate surface area is 168 Å². The maximum atomic E-state index is 13.6. The van der Waals surface area contributed by atoms with Crippen LogP contribution in [0.3, 0.4) is 0 Å². The van der Waals surface area contributed by atoms with E-state index in [2.05, 4.69) is 23.8 Å². The van der Waals surface area contributed by atoms with Crippen molar-refractivity contribution in [2.75, 3.05) is 13.2 Å². The van der Waals surface area contributed by atoms with E-state index in [1.54, 1.807) is 12.4 Å². The molecule has 0 saturated heterocycles. The lowest BCUT2D eigenvalue weighted by Crippen LogP contribution is -2.07. The van der Waals surface area contributed by atoms with Gasteiger partial charge in [0.05, 0.1) is 25.6 Å². The van der Waals surface area contributed by atoms with Crippen LogP contribution in [0.15, 0.2) is 36.7 Å². The first-order chi connectivity index (χ1) is 13.7. The number of nitrogens with zero attached hydrogens (tertiary/aromatic N) is 2. The first-order valence-corrected chi connectivity index (χ1v) is 10.5. The zero-order valence-corrected chi connectivity index (χ0v) is 17.2. The standard InChI is InChI=1S/C23H33FN2O2/c1-3-5-7-8-15-27-22-17-25-23(26-18-22)19-10-12-21(13-11-19)28-16-14-20(24)9-6-4-2/h10-13,17-18,20H,3-9,14-16H2,1-2H3/t20-/m1/s1. The fourth-order valence-electron chi connectivity index (χ4n) is 2.83. The van der Waals surface area contributed by atoms with Gasteiger partial charge >= 0.3 is 0 Å². The van der Waals surface area contributed by atoms with Crippen LogP contribution in [0.2, 0.25) is 0 Å². The molecule has 0 saturated carbocycles. The molecule has 28 heavy (non-hydrogen) atoms. The van der Waals surface area contributed by atoms with E-state index in [9.17, 15) is 4.39 Å². The molecule has 154 valence electrons. The Kier molecular flexibility index (Phi) is 10.3. The largest absolute Gasteiger partial charge is 0.493 e. The number of alkyl halides is 1. The third kappa shape index (κ3) is 8.24. The van der Waals surface area contributed by atoms with Crippen LogP contribution >= 0.6 is 0 Å². The molecule has 0 fully saturated rings. The Hall–Kier alpha value is -2.17. The molecule has 0 bridgehead atoms. The summed E-state index contributed by atoms with van der Waals surface area (Å²) in [6.45, 7) is 5.36. The van der Waals surface area contributed by atoms with Gasteiger partial charge in [-0.15, -0.1) is 0 Å². The van der Waals surface area contributed by atoms with Crippen molar-refractivity contribution in [3.63, 3.8) is 0 Å². The molecule has 0 spiro atoms. The Morgan fingerprint density at radius 2 is 1.46 bits per heavy atom. The predicted octanol–water partition coefficient (Wildman–Crippen LogP) is 6.40. The zero-order chi connectivity index (χ0) is 20.0. The summed E-state index contributed by atoms with van der Waals surface area (Å²) in [5, 5.41) is 0. The molecule has 1 atom stereocenters. The highest BCUT2D eigenvalue weighted by Crippen LogP contribution is 2.21. The van der Waals surface area contributed by atoms with Gasteiger partial charge in [-0.1, -0.05) is 46.0 Å². The van der Waals surface area contributed by atoms with Crippen molar-refractivity contribution in [3.05, 3.63) is 36.7 Å². The monoisotopic (exact) mass is 388 g/mol. The summed E-state index contributed by atoms with van der Waals surface area (Å²) < 4.78 is 24.9. The van der Waals surface area contributed by atoms with Crippen LogP contribution in [-0.4, -0.2) is 29.4 Å². The topological polar surface area (TPSA) is 44.2 Å². The molecule has 0 amide bonds. The third-order valence-electron chi connectivity index (χ3n) is 4.58. The van der Waals surface area contributed by atoms with Crippen molar-refractivity contribution in [1.29, 1.82) is 0 Å². The van der Waals surface area contributed by atoms with Crippen molar-refractivity contribution in [1.82, 2.24) is 9.97 Å². The van der Waals surface area contributed by atoms with Gasteiger partial charge in [0.15, 0.2) is 11.6 Å². The Balaban J connectivity index is 1.76. The van der Waals surface area contributed by atoms with Gasteiger partial charge in [0.25, 0.3) is 0 Å². The normalized spacial score (nSPS) is 12.0. The van der Waals surface area contributed by atoms with Gasteiger partial charge in [-0.05, 0) is 37.1 Å². The van der Waals surface area contributed by atoms with Crippen molar-refractivity contribution in [2.24, 2.45) is 0 Å². The van der Waals surface area contributed by atoms with E-state index >= 15 is 0 Å². The smallest absolute Gasteiger partial charge is 0.159 e. The maximum Gasteiger partial charge on any atom is 0.159 e. The van der Waals surface area contributed by atoms with Crippen molar-refractivity contribution in [3.8, 4) is 22.9 Å². The minimum atomic E-state index is -0.778. The molecule has 0 unspecified atom stereocenters. The lowest BCUT2D eigenvalue weighted by atomic mass is 10.1. The number of benzene rings is 1. The van der Waals surface area contributed by atoms with Gasteiger partial charge < -0.3 is 9.47 Å². The van der Waals surface area contributed by atoms with Gasteiger partial charge in [-0.25, -0.2) is 14.4 Å². The van der Waals surface area contributed by atoms with Crippen LogP contribution in [0.4, 0.5) is 4.39 Å². The van der Waals surface area contributed by atoms with Gasteiger partial charge in [-0.3, -0.25) is 0 Å². The van der Waals surface area contributed by atoms with Gasteiger partial charge in [0.2, 0.25) is 0 Å². The van der Waals surface area contributed by atoms with Crippen LogP contribution in [-0.2, 0) is 0 Å². The van der Waals surface area contributed by atoms with Crippen molar-refractivity contribution >= 4 is 0 Å². The van der Waals surface area contributed by atoms with Crippen LogP contribution in [0.5, 0.6) is 11.5 Å². The molecule has 5 heteroatoms. The second kappa shape index (κ2) is 13.1. The summed E-state index contributed by atoms with van der Waals surface area (Å²) in [5.41, 5.74) is 0.910. The highest BCUT2D eigenvalue weighted by Gasteiger charge is 2.07. The molecule has 0 aliphatic heterocycles. The van der Waals surface area contributed by atoms with Crippen LogP contribution in [0, 0.1) is 0 Å². The highest BCUT2D eigenvalue weighted by atomic mass is 19.1. The zero-order valence-electron chi connectivity index (χ0n) is 17.2. The summed E-state index contributed by atoms with van der Waals surface area (Å²) in [6, 6.07) is 7.58. The van der Waals surface area contributed by atoms with E-state index in [0.717, 1.165) is 30.6 Å². The average Bonchev–Trinajstić information content (AvgIpc) is 2.73. The lowest BCUT2D eigenvalue weighted by molar-refractivity contribution is 0.223. The Bertz CT molecular complexity index is 647. The molecular weight excluding hydrogens is 355 g/mol. The predicted molar refractivity (Wildman–Crippen MR) is 112 cm³/mol. The minimum absolute atomic E-state index is 0.394. The van der Waals surface area contributed by atoms with Gasteiger partial charge in [0.1, 0.15) is 11.9 Å². The molecule has 0 radical (unpaired) electrons. The molecule has 1 heterocycles. The molecule has 1 aromatic heterocycles. The van der Waals surface area contributed by atoms with Gasteiger partial charge in [-0.2, -0.15) is 0 Å². The summed E-state index contributed by atoms with van der Waals surface area (Å²) in [6.07, 6.45) is 10.4. The molecule has 4 nitrogen and oxygen atoms in total. The first kappa shape index (κ1) is 22.1. The average molecular weight is 389 g/mol. The number of aromatic nitrogens is 2. The Morgan fingerprint density at radius 3 is 2.14 bits per heavy atom. The lowest BCUT2D eigenvalue weighted by Gasteiger charge is -2.10. The first-order valence-electron chi connectivity index (χ1n) is 10.5. The molecule has 2 rings (SSSR count). The van der Waals surface area contributed by atoms with E-state index in [1.165, 1.54) is 19.3 Å².